The Kier molecular flexibility index (Phi) is 5.53. The van der Waals surface area contributed by atoms with E-state index in [-0.39, 0.29) is 5.56 Å². The van der Waals surface area contributed by atoms with Gasteiger partial charge >= 0.3 is 6.18 Å². The number of rotatable bonds is 4. The first kappa shape index (κ1) is 21.1. The molecule has 2 aromatic carbocycles. The van der Waals surface area contributed by atoms with Crippen LogP contribution >= 0.6 is 11.6 Å². The van der Waals surface area contributed by atoms with Crippen molar-refractivity contribution in [3.8, 4) is 0 Å². The van der Waals surface area contributed by atoms with Crippen LogP contribution in [0.1, 0.15) is 53.2 Å². The monoisotopic (exact) mass is 440 g/mol. The standard InChI is InChI=1S/C22H21ClF4N2O/c23-18-16(4-1-5-17(18)22(25,26)27)20(30)29-19(14-6-8-15(24)9-7-14)21-10-2-3-13(11-21)12-28-21/h1,4-9,13,19,28H,2-3,10-12H2,(H,29,30). The molecule has 2 aromatic rings. The maximum atomic E-state index is 13.5. The normalized spacial score (nSPS) is 24.5. The second kappa shape index (κ2) is 7.85. The lowest BCUT2D eigenvalue weighted by Gasteiger charge is -2.41. The van der Waals surface area contributed by atoms with E-state index in [1.54, 1.807) is 12.1 Å². The number of carbonyl (C=O) groups excluding carboxylic acids is 1. The number of hydrogen-bond acceptors (Lipinski definition) is 2. The van der Waals surface area contributed by atoms with Gasteiger partial charge in [-0.3, -0.25) is 4.79 Å². The minimum Gasteiger partial charge on any atom is -0.343 e. The van der Waals surface area contributed by atoms with Crippen LogP contribution in [0.5, 0.6) is 0 Å². The molecule has 1 saturated carbocycles. The highest BCUT2D eigenvalue weighted by molar-refractivity contribution is 6.34. The molecule has 3 nitrogen and oxygen atoms in total. The number of alkyl halides is 3. The fourth-order valence-electron chi connectivity index (χ4n) is 4.80. The average molecular weight is 441 g/mol. The third kappa shape index (κ3) is 3.93. The summed E-state index contributed by atoms with van der Waals surface area (Å²) in [5.74, 6) is -0.607. The zero-order valence-electron chi connectivity index (χ0n) is 16.0. The van der Waals surface area contributed by atoms with Crippen molar-refractivity contribution in [1.29, 1.82) is 0 Å². The molecule has 2 bridgehead atoms. The molecular weight excluding hydrogens is 420 g/mol. The van der Waals surface area contributed by atoms with E-state index in [0.717, 1.165) is 38.3 Å². The molecule has 160 valence electrons. The quantitative estimate of drug-likeness (QED) is 0.616. The SMILES string of the molecule is O=C(NC(c1ccc(F)cc1)C12CCCC(CN1)C2)c1cccc(C(F)(F)F)c1Cl. The van der Waals surface area contributed by atoms with Crippen LogP contribution in [0.25, 0.3) is 0 Å². The van der Waals surface area contributed by atoms with E-state index in [4.69, 9.17) is 11.6 Å². The molecule has 4 rings (SSSR count). The topological polar surface area (TPSA) is 41.1 Å². The molecule has 3 atom stereocenters. The molecule has 2 N–H and O–H groups in total. The molecule has 0 spiro atoms. The summed E-state index contributed by atoms with van der Waals surface area (Å²) in [6.45, 7) is 0.817. The maximum Gasteiger partial charge on any atom is 0.417 e. The van der Waals surface area contributed by atoms with Crippen LogP contribution in [0.15, 0.2) is 42.5 Å². The summed E-state index contributed by atoms with van der Waals surface area (Å²) in [6.07, 6.45) is -0.937. The van der Waals surface area contributed by atoms with E-state index in [1.165, 1.54) is 24.3 Å². The number of amides is 1. The lowest BCUT2D eigenvalue weighted by molar-refractivity contribution is -0.137. The predicted octanol–water partition coefficient (Wildman–Crippen LogP) is 5.50. The summed E-state index contributed by atoms with van der Waals surface area (Å²) < 4.78 is 53.1. The number of fused-ring (bicyclic) bond motifs is 2. The number of halogens is 5. The van der Waals surface area contributed by atoms with Gasteiger partial charge < -0.3 is 10.6 Å². The Morgan fingerprint density at radius 2 is 1.93 bits per heavy atom. The smallest absolute Gasteiger partial charge is 0.343 e. The van der Waals surface area contributed by atoms with Crippen molar-refractivity contribution in [2.24, 2.45) is 5.92 Å². The summed E-state index contributed by atoms with van der Waals surface area (Å²) in [5, 5.41) is 5.81. The molecule has 1 saturated heterocycles. The van der Waals surface area contributed by atoms with Gasteiger partial charge in [0.1, 0.15) is 5.82 Å². The van der Waals surface area contributed by atoms with E-state index in [9.17, 15) is 22.4 Å². The summed E-state index contributed by atoms with van der Waals surface area (Å²) >= 11 is 5.96. The molecular formula is C22H21ClF4N2O. The second-order valence-corrected chi connectivity index (χ2v) is 8.50. The minimum atomic E-state index is -4.66. The van der Waals surface area contributed by atoms with Crippen molar-refractivity contribution in [3.05, 3.63) is 70.0 Å². The molecule has 0 radical (unpaired) electrons. The summed E-state index contributed by atoms with van der Waals surface area (Å²) in [7, 11) is 0. The molecule has 1 aliphatic heterocycles. The molecule has 1 aliphatic carbocycles. The fraction of sp³-hybridized carbons (Fsp3) is 0.409. The third-order valence-electron chi connectivity index (χ3n) is 6.21. The molecule has 1 amide bonds. The highest BCUT2D eigenvalue weighted by atomic mass is 35.5. The van der Waals surface area contributed by atoms with E-state index < -0.39 is 40.1 Å². The van der Waals surface area contributed by atoms with Gasteiger partial charge in [0.05, 0.1) is 22.2 Å². The molecule has 2 aliphatic rings. The van der Waals surface area contributed by atoms with Gasteiger partial charge in [-0.2, -0.15) is 13.2 Å². The van der Waals surface area contributed by atoms with E-state index in [1.807, 2.05) is 0 Å². The first-order valence-electron chi connectivity index (χ1n) is 9.87. The minimum absolute atomic E-state index is 0.236. The van der Waals surface area contributed by atoms with Crippen molar-refractivity contribution in [2.75, 3.05) is 6.54 Å². The van der Waals surface area contributed by atoms with Gasteiger partial charge in [0.15, 0.2) is 0 Å². The van der Waals surface area contributed by atoms with Crippen LogP contribution in [-0.4, -0.2) is 18.0 Å². The summed E-state index contributed by atoms with van der Waals surface area (Å²) in [5.41, 5.74) is -1.02. The van der Waals surface area contributed by atoms with Gasteiger partial charge in [0.2, 0.25) is 0 Å². The Labute approximate surface area is 176 Å². The molecule has 8 heteroatoms. The zero-order chi connectivity index (χ0) is 21.5. The Morgan fingerprint density at radius 3 is 2.63 bits per heavy atom. The predicted molar refractivity (Wildman–Crippen MR) is 106 cm³/mol. The molecule has 30 heavy (non-hydrogen) atoms. The van der Waals surface area contributed by atoms with Gasteiger partial charge in [-0.05, 0) is 61.6 Å². The van der Waals surface area contributed by atoms with Gasteiger partial charge in [0, 0.05) is 5.54 Å². The van der Waals surface area contributed by atoms with Crippen LogP contribution in [0, 0.1) is 11.7 Å². The number of carbonyl (C=O) groups is 1. The van der Waals surface area contributed by atoms with Crippen LogP contribution < -0.4 is 10.6 Å². The first-order chi connectivity index (χ1) is 14.2. The highest BCUT2D eigenvalue weighted by Gasteiger charge is 2.48. The van der Waals surface area contributed by atoms with Crippen molar-refractivity contribution in [1.82, 2.24) is 10.6 Å². The van der Waals surface area contributed by atoms with Crippen molar-refractivity contribution < 1.29 is 22.4 Å². The van der Waals surface area contributed by atoms with E-state index in [0.29, 0.717) is 11.5 Å². The van der Waals surface area contributed by atoms with Crippen LogP contribution in [0.4, 0.5) is 17.6 Å². The molecule has 1 heterocycles. The van der Waals surface area contributed by atoms with Gasteiger partial charge in [-0.1, -0.05) is 36.2 Å². The number of nitrogens with one attached hydrogen (secondary N) is 2. The molecule has 3 unspecified atom stereocenters. The van der Waals surface area contributed by atoms with Gasteiger partial charge in [-0.15, -0.1) is 0 Å². The molecule has 2 fully saturated rings. The van der Waals surface area contributed by atoms with Crippen molar-refractivity contribution >= 4 is 17.5 Å². The lowest BCUT2D eigenvalue weighted by atomic mass is 9.73. The van der Waals surface area contributed by atoms with Gasteiger partial charge in [-0.25, -0.2) is 4.39 Å². The van der Waals surface area contributed by atoms with Crippen LogP contribution in [0.2, 0.25) is 5.02 Å². The maximum absolute atomic E-state index is 13.5. The second-order valence-electron chi connectivity index (χ2n) is 8.12. The van der Waals surface area contributed by atoms with E-state index >= 15 is 0 Å². The van der Waals surface area contributed by atoms with Crippen molar-refractivity contribution in [2.45, 2.75) is 43.4 Å². The van der Waals surface area contributed by atoms with Crippen molar-refractivity contribution in [3.63, 3.8) is 0 Å². The van der Waals surface area contributed by atoms with E-state index in [2.05, 4.69) is 10.6 Å². The average Bonchev–Trinajstić information content (AvgIpc) is 3.00. The Morgan fingerprint density at radius 1 is 1.20 bits per heavy atom. The van der Waals surface area contributed by atoms with Gasteiger partial charge in [0.25, 0.3) is 5.91 Å². The number of hydrogen-bond donors (Lipinski definition) is 2. The largest absolute Gasteiger partial charge is 0.417 e. The first-order valence-corrected chi connectivity index (χ1v) is 10.2. The van der Waals surface area contributed by atoms with Crippen LogP contribution in [-0.2, 0) is 6.18 Å². The summed E-state index contributed by atoms with van der Waals surface area (Å²) in [6, 6.07) is 8.60. The summed E-state index contributed by atoms with van der Waals surface area (Å²) in [4.78, 5) is 13.0. The Hall–Kier alpha value is -2.12. The lowest BCUT2D eigenvalue weighted by Crippen LogP contribution is -2.52. The Bertz CT molecular complexity index is 943. The number of benzene rings is 2. The highest BCUT2D eigenvalue weighted by Crippen LogP contribution is 2.45. The molecule has 0 aromatic heterocycles. The Balaban J connectivity index is 1.69. The van der Waals surface area contributed by atoms with Crippen LogP contribution in [0.3, 0.4) is 0 Å². The fourth-order valence-corrected chi connectivity index (χ4v) is 5.12. The zero-order valence-corrected chi connectivity index (χ0v) is 16.8. The third-order valence-corrected chi connectivity index (χ3v) is 6.62.